The van der Waals surface area contributed by atoms with E-state index in [2.05, 4.69) is 10.2 Å². The summed E-state index contributed by atoms with van der Waals surface area (Å²) in [4.78, 5) is 35.7. The summed E-state index contributed by atoms with van der Waals surface area (Å²) in [6, 6.07) is 5.35. The molecular formula is C12H9ClN4O4. The predicted octanol–water partition coefficient (Wildman–Crippen LogP) is 2.02. The highest BCUT2D eigenvalue weighted by atomic mass is 35.5. The first-order valence-electron chi connectivity index (χ1n) is 6.11. The molecule has 0 N–H and O–H groups in total. The van der Waals surface area contributed by atoms with Crippen LogP contribution in [0.5, 0.6) is 0 Å². The molecule has 3 rings (SSSR count). The van der Waals surface area contributed by atoms with Gasteiger partial charge in [-0.25, -0.2) is 4.90 Å². The molecule has 1 aromatic rings. The van der Waals surface area contributed by atoms with Crippen molar-refractivity contribution in [3.8, 4) is 0 Å². The fourth-order valence-corrected chi connectivity index (χ4v) is 2.80. The van der Waals surface area contributed by atoms with E-state index in [4.69, 9.17) is 11.6 Å². The largest absolute Gasteiger partial charge is 0.274 e. The average Bonchev–Trinajstić information content (AvgIpc) is 2.91. The smallest absolute Gasteiger partial charge is 0.271 e. The molecule has 0 radical (unpaired) electrons. The number of carbonyl (C=O) groups is 2. The second-order valence-electron chi connectivity index (χ2n) is 4.87. The summed E-state index contributed by atoms with van der Waals surface area (Å²) >= 11 is 5.82. The number of nitro benzene ring substituents is 1. The monoisotopic (exact) mass is 308 g/mol. The third-order valence-electron chi connectivity index (χ3n) is 3.47. The van der Waals surface area contributed by atoms with Crippen LogP contribution in [0.3, 0.4) is 0 Å². The molecule has 2 aliphatic rings. The van der Waals surface area contributed by atoms with Gasteiger partial charge in [-0.2, -0.15) is 10.2 Å². The van der Waals surface area contributed by atoms with Crippen LogP contribution in [0, 0.1) is 10.1 Å². The standard InChI is InChI=1S/C12H9ClN4O4/c13-9-5-12(15-14-9)6-10(18)16(11(12)19)7-2-1-3-8(4-7)17(20)21/h1-4,9H,5-6H2/t9-,12+/m1/s1. The summed E-state index contributed by atoms with van der Waals surface area (Å²) in [5.41, 5.74) is -1.93. The van der Waals surface area contributed by atoms with Gasteiger partial charge in [0, 0.05) is 18.6 Å². The zero-order valence-corrected chi connectivity index (χ0v) is 11.4. The van der Waals surface area contributed by atoms with Crippen LogP contribution in [0.15, 0.2) is 34.5 Å². The second kappa shape index (κ2) is 4.59. The number of non-ortho nitro benzene ring substituents is 1. The Balaban J connectivity index is 1.98. The third-order valence-corrected chi connectivity index (χ3v) is 3.72. The first kappa shape index (κ1) is 13.6. The van der Waals surface area contributed by atoms with E-state index in [9.17, 15) is 19.7 Å². The first-order chi connectivity index (χ1) is 9.93. The number of hydrogen-bond donors (Lipinski definition) is 0. The average molecular weight is 309 g/mol. The molecule has 9 heteroatoms. The fraction of sp³-hybridized carbons (Fsp3) is 0.333. The number of benzene rings is 1. The predicted molar refractivity (Wildman–Crippen MR) is 72.1 cm³/mol. The minimum atomic E-state index is -1.26. The van der Waals surface area contributed by atoms with E-state index in [0.717, 1.165) is 4.90 Å². The molecule has 108 valence electrons. The summed E-state index contributed by atoms with van der Waals surface area (Å²) in [7, 11) is 0. The molecule has 2 atom stereocenters. The van der Waals surface area contributed by atoms with E-state index < -0.39 is 27.8 Å². The number of imide groups is 1. The van der Waals surface area contributed by atoms with Crippen molar-refractivity contribution in [2.75, 3.05) is 4.90 Å². The lowest BCUT2D eigenvalue weighted by Gasteiger charge is -2.17. The number of amides is 2. The first-order valence-corrected chi connectivity index (χ1v) is 6.54. The second-order valence-corrected chi connectivity index (χ2v) is 5.38. The van der Waals surface area contributed by atoms with Crippen molar-refractivity contribution in [2.24, 2.45) is 10.2 Å². The number of nitro groups is 1. The minimum Gasteiger partial charge on any atom is -0.274 e. The highest BCUT2D eigenvalue weighted by Crippen LogP contribution is 2.41. The molecule has 0 bridgehead atoms. The van der Waals surface area contributed by atoms with Gasteiger partial charge in [-0.05, 0) is 6.07 Å². The lowest BCUT2D eigenvalue weighted by atomic mass is 9.95. The van der Waals surface area contributed by atoms with Crippen LogP contribution in [0.1, 0.15) is 12.8 Å². The van der Waals surface area contributed by atoms with Gasteiger partial charge in [-0.3, -0.25) is 19.7 Å². The van der Waals surface area contributed by atoms with Crippen LogP contribution in [-0.2, 0) is 9.59 Å². The molecule has 1 saturated heterocycles. The molecule has 0 aliphatic carbocycles. The van der Waals surface area contributed by atoms with Gasteiger partial charge >= 0.3 is 0 Å². The van der Waals surface area contributed by atoms with Crippen molar-refractivity contribution in [3.05, 3.63) is 34.4 Å². The maximum Gasteiger partial charge on any atom is 0.271 e. The number of alkyl halides is 1. The Hall–Kier alpha value is -2.35. The Labute approximate surface area is 123 Å². The van der Waals surface area contributed by atoms with Gasteiger partial charge in [0.1, 0.15) is 5.50 Å². The Morgan fingerprint density at radius 1 is 1.43 bits per heavy atom. The van der Waals surface area contributed by atoms with Gasteiger partial charge < -0.3 is 0 Å². The van der Waals surface area contributed by atoms with Crippen molar-refractivity contribution in [3.63, 3.8) is 0 Å². The molecule has 1 fully saturated rings. The maximum absolute atomic E-state index is 12.5. The normalized spacial score (nSPS) is 27.9. The molecule has 2 heterocycles. The summed E-state index contributed by atoms with van der Waals surface area (Å²) < 4.78 is 0. The minimum absolute atomic E-state index is 0.124. The van der Waals surface area contributed by atoms with Gasteiger partial charge in [0.05, 0.1) is 17.0 Å². The molecule has 0 aromatic heterocycles. The van der Waals surface area contributed by atoms with E-state index in [1.54, 1.807) is 0 Å². The number of anilines is 1. The van der Waals surface area contributed by atoms with Crippen molar-refractivity contribution in [1.82, 2.24) is 0 Å². The third kappa shape index (κ3) is 2.07. The summed E-state index contributed by atoms with van der Waals surface area (Å²) in [5.74, 6) is -1.01. The van der Waals surface area contributed by atoms with E-state index in [1.165, 1.54) is 24.3 Å². The molecule has 8 nitrogen and oxygen atoms in total. The topological polar surface area (TPSA) is 105 Å². The zero-order valence-electron chi connectivity index (χ0n) is 10.6. The summed E-state index contributed by atoms with van der Waals surface area (Å²) in [6.45, 7) is 0. The number of azo groups is 1. The van der Waals surface area contributed by atoms with Gasteiger partial charge in [0.15, 0.2) is 5.54 Å². The molecular weight excluding hydrogens is 300 g/mol. The number of halogens is 1. The van der Waals surface area contributed by atoms with Crippen LogP contribution in [0.2, 0.25) is 0 Å². The molecule has 0 saturated carbocycles. The Bertz CT molecular complexity index is 692. The lowest BCUT2D eigenvalue weighted by molar-refractivity contribution is -0.384. The number of rotatable bonds is 2. The van der Waals surface area contributed by atoms with Gasteiger partial charge in [-0.1, -0.05) is 17.7 Å². The van der Waals surface area contributed by atoms with E-state index in [0.29, 0.717) is 0 Å². The van der Waals surface area contributed by atoms with E-state index in [1.807, 2.05) is 0 Å². The van der Waals surface area contributed by atoms with Gasteiger partial charge in [0.2, 0.25) is 5.91 Å². The highest BCUT2D eigenvalue weighted by Gasteiger charge is 2.56. The van der Waals surface area contributed by atoms with Crippen LogP contribution in [-0.4, -0.2) is 27.8 Å². The van der Waals surface area contributed by atoms with Crippen LogP contribution in [0.4, 0.5) is 11.4 Å². The Kier molecular flexibility index (Phi) is 2.98. The zero-order chi connectivity index (χ0) is 15.2. The number of hydrogen-bond acceptors (Lipinski definition) is 6. The van der Waals surface area contributed by atoms with Crippen LogP contribution in [0.25, 0.3) is 0 Å². The molecule has 2 aliphatic heterocycles. The maximum atomic E-state index is 12.5. The lowest BCUT2D eigenvalue weighted by Crippen LogP contribution is -2.38. The summed E-state index contributed by atoms with van der Waals surface area (Å²) in [6.07, 6.45) is 0.0335. The number of nitrogens with zero attached hydrogens (tertiary/aromatic N) is 4. The molecule has 0 unspecified atom stereocenters. The SMILES string of the molecule is O=C1C[C@@]2(C[C@H](Cl)N=N2)C(=O)N1c1cccc([N+](=O)[O-])c1. The van der Waals surface area contributed by atoms with Gasteiger partial charge in [0.25, 0.3) is 11.6 Å². The van der Waals surface area contributed by atoms with Crippen molar-refractivity contribution < 1.29 is 14.5 Å². The van der Waals surface area contributed by atoms with Crippen LogP contribution >= 0.6 is 11.6 Å². The Morgan fingerprint density at radius 2 is 2.19 bits per heavy atom. The number of carbonyl (C=O) groups excluding carboxylic acids is 2. The van der Waals surface area contributed by atoms with Gasteiger partial charge in [-0.15, -0.1) is 0 Å². The van der Waals surface area contributed by atoms with Crippen molar-refractivity contribution in [2.45, 2.75) is 23.9 Å². The Morgan fingerprint density at radius 3 is 2.81 bits per heavy atom. The molecule has 21 heavy (non-hydrogen) atoms. The quantitative estimate of drug-likeness (QED) is 0.274. The molecule has 1 spiro atoms. The van der Waals surface area contributed by atoms with E-state index >= 15 is 0 Å². The summed E-state index contributed by atoms with van der Waals surface area (Å²) in [5, 5.41) is 18.4. The van der Waals surface area contributed by atoms with Crippen molar-refractivity contribution in [1.29, 1.82) is 0 Å². The fourth-order valence-electron chi connectivity index (χ4n) is 2.50. The van der Waals surface area contributed by atoms with Crippen molar-refractivity contribution >= 4 is 34.8 Å². The molecule has 2 amide bonds. The van der Waals surface area contributed by atoms with E-state index in [-0.39, 0.29) is 24.2 Å². The highest BCUT2D eigenvalue weighted by molar-refractivity contribution is 6.26. The molecule has 1 aromatic carbocycles. The van der Waals surface area contributed by atoms with Crippen LogP contribution < -0.4 is 4.90 Å².